The molecule has 0 aliphatic carbocycles. The molecule has 0 amide bonds. The zero-order valence-corrected chi connectivity index (χ0v) is 19.1. The molecule has 2 aromatic carbocycles. The highest BCUT2D eigenvalue weighted by molar-refractivity contribution is 5.79. The summed E-state index contributed by atoms with van der Waals surface area (Å²) in [5, 5.41) is 11.0. The van der Waals surface area contributed by atoms with Gasteiger partial charge in [0.2, 0.25) is 5.75 Å². The molecule has 0 spiro atoms. The van der Waals surface area contributed by atoms with Crippen molar-refractivity contribution in [2.75, 3.05) is 27.9 Å². The molecule has 0 aliphatic heterocycles. The lowest BCUT2D eigenvalue weighted by atomic mass is 10.1. The fraction of sp³-hybridized carbons (Fsp3) is 0.333. The van der Waals surface area contributed by atoms with Crippen LogP contribution in [0.4, 0.5) is 0 Å². The van der Waals surface area contributed by atoms with Crippen molar-refractivity contribution in [3.8, 4) is 17.2 Å². The molecule has 8 nitrogen and oxygen atoms in total. The SMILES string of the molecule is CCNC(=NCc1cc(OC)c(OC)c(OC)c1)NCc1ccccc1Cn1cccn1. The number of nitrogens with zero attached hydrogens (tertiary/aromatic N) is 3. The third kappa shape index (κ3) is 5.94. The quantitative estimate of drug-likeness (QED) is 0.374. The summed E-state index contributed by atoms with van der Waals surface area (Å²) >= 11 is 0. The van der Waals surface area contributed by atoms with Crippen LogP contribution in [0.1, 0.15) is 23.6 Å². The molecule has 1 heterocycles. The summed E-state index contributed by atoms with van der Waals surface area (Å²) in [5.74, 6) is 2.53. The lowest BCUT2D eigenvalue weighted by molar-refractivity contribution is 0.324. The van der Waals surface area contributed by atoms with Gasteiger partial charge in [0, 0.05) is 25.5 Å². The first-order chi connectivity index (χ1) is 15.7. The summed E-state index contributed by atoms with van der Waals surface area (Å²) in [6.07, 6.45) is 3.76. The Hall–Kier alpha value is -3.68. The van der Waals surface area contributed by atoms with Crippen LogP contribution < -0.4 is 24.8 Å². The molecule has 0 saturated carbocycles. The number of hydrogen-bond donors (Lipinski definition) is 2. The van der Waals surface area contributed by atoms with Crippen LogP contribution in [0.5, 0.6) is 17.2 Å². The van der Waals surface area contributed by atoms with Gasteiger partial charge in [-0.05, 0) is 41.8 Å². The predicted octanol–water partition coefficient (Wildman–Crippen LogP) is 3.21. The highest BCUT2D eigenvalue weighted by atomic mass is 16.5. The maximum absolute atomic E-state index is 5.44. The number of benzene rings is 2. The average molecular weight is 438 g/mol. The molecule has 8 heteroatoms. The molecular formula is C24H31N5O3. The van der Waals surface area contributed by atoms with E-state index in [1.165, 1.54) is 11.1 Å². The van der Waals surface area contributed by atoms with Crippen LogP contribution in [0, 0.1) is 0 Å². The molecule has 0 radical (unpaired) electrons. The van der Waals surface area contributed by atoms with E-state index in [0.717, 1.165) is 24.6 Å². The third-order valence-electron chi connectivity index (χ3n) is 4.94. The summed E-state index contributed by atoms with van der Waals surface area (Å²) in [5.41, 5.74) is 3.36. The van der Waals surface area contributed by atoms with Gasteiger partial charge in [-0.1, -0.05) is 24.3 Å². The number of nitrogens with one attached hydrogen (secondary N) is 2. The zero-order valence-electron chi connectivity index (χ0n) is 19.1. The Labute approximate surface area is 189 Å². The highest BCUT2D eigenvalue weighted by Gasteiger charge is 2.13. The van der Waals surface area contributed by atoms with Crippen LogP contribution in [-0.4, -0.2) is 43.6 Å². The van der Waals surface area contributed by atoms with Gasteiger partial charge in [-0.3, -0.25) is 4.68 Å². The summed E-state index contributed by atoms with van der Waals surface area (Å²) in [7, 11) is 4.81. The van der Waals surface area contributed by atoms with Gasteiger partial charge in [-0.25, -0.2) is 4.99 Å². The fourth-order valence-electron chi connectivity index (χ4n) is 3.37. The number of rotatable bonds is 10. The first kappa shape index (κ1) is 23.0. The van der Waals surface area contributed by atoms with Gasteiger partial charge in [0.1, 0.15) is 0 Å². The first-order valence-electron chi connectivity index (χ1n) is 10.5. The van der Waals surface area contributed by atoms with Crippen molar-refractivity contribution in [2.45, 2.75) is 26.6 Å². The lowest BCUT2D eigenvalue weighted by Gasteiger charge is -2.15. The lowest BCUT2D eigenvalue weighted by Crippen LogP contribution is -2.37. The molecule has 0 atom stereocenters. The molecule has 0 fully saturated rings. The topological polar surface area (TPSA) is 81.9 Å². The zero-order chi connectivity index (χ0) is 22.8. The van der Waals surface area contributed by atoms with Gasteiger partial charge >= 0.3 is 0 Å². The second kappa shape index (κ2) is 11.6. The third-order valence-corrected chi connectivity index (χ3v) is 4.94. The predicted molar refractivity (Wildman–Crippen MR) is 126 cm³/mol. The van der Waals surface area contributed by atoms with Gasteiger partial charge in [0.15, 0.2) is 17.5 Å². The first-order valence-corrected chi connectivity index (χ1v) is 10.5. The van der Waals surface area contributed by atoms with E-state index in [1.54, 1.807) is 27.5 Å². The molecule has 2 N–H and O–H groups in total. The van der Waals surface area contributed by atoms with E-state index in [9.17, 15) is 0 Å². The van der Waals surface area contributed by atoms with Gasteiger partial charge < -0.3 is 24.8 Å². The monoisotopic (exact) mass is 437 g/mol. The minimum absolute atomic E-state index is 0.459. The van der Waals surface area contributed by atoms with E-state index in [1.807, 2.05) is 48.1 Å². The van der Waals surface area contributed by atoms with Crippen LogP contribution in [-0.2, 0) is 19.6 Å². The number of hydrogen-bond acceptors (Lipinski definition) is 5. The summed E-state index contributed by atoms with van der Waals surface area (Å²) in [4.78, 5) is 4.74. The smallest absolute Gasteiger partial charge is 0.203 e. The Bertz CT molecular complexity index is 993. The number of aromatic nitrogens is 2. The van der Waals surface area contributed by atoms with E-state index >= 15 is 0 Å². The molecule has 0 unspecified atom stereocenters. The van der Waals surface area contributed by atoms with Crippen molar-refractivity contribution >= 4 is 5.96 Å². The highest BCUT2D eigenvalue weighted by Crippen LogP contribution is 2.38. The Morgan fingerprint density at radius 3 is 2.28 bits per heavy atom. The van der Waals surface area contributed by atoms with Crippen molar-refractivity contribution in [1.82, 2.24) is 20.4 Å². The summed E-state index contributed by atoms with van der Waals surface area (Å²) < 4.78 is 18.2. The fourth-order valence-corrected chi connectivity index (χ4v) is 3.37. The maximum Gasteiger partial charge on any atom is 0.203 e. The van der Waals surface area contributed by atoms with Crippen molar-refractivity contribution in [3.63, 3.8) is 0 Å². The molecule has 0 bridgehead atoms. The second-order valence-corrected chi connectivity index (χ2v) is 7.05. The molecule has 3 aromatic rings. The van der Waals surface area contributed by atoms with Gasteiger partial charge in [0.05, 0.1) is 34.4 Å². The molecule has 32 heavy (non-hydrogen) atoms. The molecule has 0 saturated heterocycles. The van der Waals surface area contributed by atoms with Crippen molar-refractivity contribution in [1.29, 1.82) is 0 Å². The van der Waals surface area contributed by atoms with E-state index in [2.05, 4.69) is 27.9 Å². The number of guanidine groups is 1. The summed E-state index contributed by atoms with van der Waals surface area (Å²) in [6.45, 7) is 4.64. The Balaban J connectivity index is 1.73. The van der Waals surface area contributed by atoms with E-state index in [4.69, 9.17) is 19.2 Å². The van der Waals surface area contributed by atoms with E-state index in [-0.39, 0.29) is 0 Å². The molecular weight excluding hydrogens is 406 g/mol. The molecule has 3 rings (SSSR count). The van der Waals surface area contributed by atoms with Gasteiger partial charge in [0.25, 0.3) is 0 Å². The van der Waals surface area contributed by atoms with Crippen LogP contribution in [0.3, 0.4) is 0 Å². The normalized spacial score (nSPS) is 11.2. The average Bonchev–Trinajstić information content (AvgIpc) is 3.34. The van der Waals surface area contributed by atoms with E-state index in [0.29, 0.717) is 30.3 Å². The van der Waals surface area contributed by atoms with Crippen LogP contribution in [0.25, 0.3) is 0 Å². The summed E-state index contributed by atoms with van der Waals surface area (Å²) in [6, 6.07) is 14.1. The standard InChI is InChI=1S/C24H31N5O3/c1-5-25-24(26-15-18-13-21(30-2)23(32-4)22(14-18)31-3)27-16-19-9-6-7-10-20(19)17-29-12-8-11-28-29/h6-14H,5,15-17H2,1-4H3,(H2,25,26,27). The van der Waals surface area contributed by atoms with E-state index < -0.39 is 0 Å². The minimum atomic E-state index is 0.459. The van der Waals surface area contributed by atoms with Crippen molar-refractivity contribution in [2.24, 2.45) is 4.99 Å². The van der Waals surface area contributed by atoms with Gasteiger partial charge in [-0.15, -0.1) is 0 Å². The minimum Gasteiger partial charge on any atom is -0.493 e. The molecule has 1 aromatic heterocycles. The van der Waals surface area contributed by atoms with Crippen LogP contribution in [0.15, 0.2) is 59.9 Å². The van der Waals surface area contributed by atoms with Crippen LogP contribution >= 0.6 is 0 Å². The number of methoxy groups -OCH3 is 3. The number of ether oxygens (including phenoxy) is 3. The number of aliphatic imine (C=N–C) groups is 1. The Morgan fingerprint density at radius 2 is 1.69 bits per heavy atom. The van der Waals surface area contributed by atoms with Crippen molar-refractivity contribution < 1.29 is 14.2 Å². The van der Waals surface area contributed by atoms with Gasteiger partial charge in [-0.2, -0.15) is 5.10 Å². The molecule has 170 valence electrons. The largest absolute Gasteiger partial charge is 0.493 e. The van der Waals surface area contributed by atoms with Crippen molar-refractivity contribution in [3.05, 3.63) is 71.5 Å². The Kier molecular flexibility index (Phi) is 8.36. The van der Waals surface area contributed by atoms with Crippen LogP contribution in [0.2, 0.25) is 0 Å². The maximum atomic E-state index is 5.44. The second-order valence-electron chi connectivity index (χ2n) is 7.05. The molecule has 0 aliphatic rings. The Morgan fingerprint density at radius 1 is 0.969 bits per heavy atom.